The smallest absolute Gasteiger partial charge is 0.0629 e. The molecule has 0 fully saturated rings. The fourth-order valence-corrected chi connectivity index (χ4v) is 3.57. The molecule has 0 atom stereocenters. The Morgan fingerprint density at radius 2 is 0.935 bits per heavy atom. The van der Waals surface area contributed by atoms with E-state index < -0.39 is 6.04 Å². The molecule has 0 aliphatic heterocycles. The van der Waals surface area contributed by atoms with E-state index in [0.717, 1.165) is 16.7 Å². The van der Waals surface area contributed by atoms with Crippen LogP contribution in [0.25, 0.3) is 22.3 Å². The summed E-state index contributed by atoms with van der Waals surface area (Å²) in [5.74, 6) is 0. The summed E-state index contributed by atoms with van der Waals surface area (Å²) in [6, 6.07) is 8.92. The zero-order chi connectivity index (χ0) is 27.5. The van der Waals surface area contributed by atoms with Crippen molar-refractivity contribution in [3.63, 3.8) is 0 Å². The van der Waals surface area contributed by atoms with Gasteiger partial charge in [-0.25, -0.2) is 0 Å². The van der Waals surface area contributed by atoms with Crippen LogP contribution in [0.15, 0.2) is 60.5 Å². The van der Waals surface area contributed by atoms with Crippen LogP contribution >= 0.6 is 0 Å². The van der Waals surface area contributed by atoms with E-state index in [9.17, 15) is 0 Å². The molecule has 0 heterocycles. The highest BCUT2D eigenvalue weighted by atomic mass is 14.6. The molecule has 0 aliphatic carbocycles. The number of anilines is 1. The topological polar surface area (TPSA) is 26.0 Å². The van der Waals surface area contributed by atoms with Crippen LogP contribution in [0.5, 0.6) is 0 Å². The van der Waals surface area contributed by atoms with E-state index in [1.54, 1.807) is 0 Å². The fraction of sp³-hybridized carbons (Fsp3) is 0.400. The molecule has 0 amide bonds. The maximum Gasteiger partial charge on any atom is 0.0629 e. The van der Waals surface area contributed by atoms with Gasteiger partial charge in [0.1, 0.15) is 0 Å². The average Bonchev–Trinajstić information content (AvgIpc) is 2.75. The molecule has 0 unspecified atom stereocenters. The molecule has 0 radical (unpaired) electrons. The molecule has 2 N–H and O–H groups in total. The third kappa shape index (κ3) is 5.03. The zero-order valence-corrected chi connectivity index (χ0v) is 20.5. The lowest BCUT2D eigenvalue weighted by molar-refractivity contribution is 0.569. The van der Waals surface area contributed by atoms with Gasteiger partial charge < -0.3 is 5.73 Å². The largest absolute Gasteiger partial charge is 0.398 e. The molecule has 3 aromatic rings. The highest BCUT2D eigenvalue weighted by molar-refractivity contribution is 5.90. The Hall–Kier alpha value is -2.54. The molecule has 3 aromatic carbocycles. The molecule has 0 saturated heterocycles. The first-order chi connectivity index (χ1) is 16.2. The first kappa shape index (κ1) is 17.1. The van der Waals surface area contributed by atoms with Gasteiger partial charge in [0.25, 0.3) is 0 Å². The summed E-state index contributed by atoms with van der Waals surface area (Å²) in [6.07, 6.45) is 0. The van der Waals surface area contributed by atoms with E-state index in [1.165, 1.54) is 11.1 Å². The number of hydrogen-bond acceptors (Lipinski definition) is 1. The number of nitrogen functional groups attached to an aromatic ring is 1. The lowest BCUT2D eigenvalue weighted by Crippen LogP contribution is -2.17. The summed E-state index contributed by atoms with van der Waals surface area (Å²) < 4.78 is 41.5. The monoisotopic (exact) mass is 418 g/mol. The molecule has 0 saturated carbocycles. The van der Waals surface area contributed by atoms with Crippen LogP contribution in [0.3, 0.4) is 0 Å². The molecule has 0 spiro atoms. The second-order valence-electron chi connectivity index (χ2n) is 11.5. The van der Waals surface area contributed by atoms with Crippen molar-refractivity contribution in [2.45, 2.75) is 78.6 Å². The normalized spacial score (nSPS) is 15.1. The molecule has 1 nitrogen and oxygen atoms in total. The van der Waals surface area contributed by atoms with Crippen molar-refractivity contribution in [3.8, 4) is 22.3 Å². The van der Waals surface area contributed by atoms with Crippen LogP contribution in [0.4, 0.5) is 5.69 Å². The van der Waals surface area contributed by atoms with Crippen LogP contribution in [0, 0.1) is 0 Å². The van der Waals surface area contributed by atoms with Gasteiger partial charge >= 0.3 is 0 Å². The molecule has 3 rings (SSSR count). The van der Waals surface area contributed by atoms with Crippen molar-refractivity contribution < 1.29 is 6.85 Å². The van der Waals surface area contributed by atoms with Gasteiger partial charge in [-0.1, -0.05) is 111 Å². The standard InChI is InChI=1S/C30H39N/c1-28(2,3)22-15-21(16-23(17-22)29(4,5)6)26-19-24(30(7,8)9)18-25(27(26)31)20-13-11-10-12-14-20/h10-19H,31H2,1-9H3/i10D,11D,12D,13D,14D. The number of nitrogens with two attached hydrogens (primary N) is 1. The third-order valence-electron chi connectivity index (χ3n) is 5.79. The van der Waals surface area contributed by atoms with Crippen LogP contribution in [-0.2, 0) is 16.2 Å². The molecule has 31 heavy (non-hydrogen) atoms. The van der Waals surface area contributed by atoms with E-state index in [0.29, 0.717) is 11.3 Å². The van der Waals surface area contributed by atoms with E-state index in [2.05, 4.69) is 86.6 Å². The van der Waals surface area contributed by atoms with Gasteiger partial charge in [-0.2, -0.15) is 0 Å². The van der Waals surface area contributed by atoms with Crippen molar-refractivity contribution in [1.82, 2.24) is 0 Å². The van der Waals surface area contributed by atoms with Gasteiger partial charge in [-0.3, -0.25) is 0 Å². The molecule has 0 bridgehead atoms. The highest BCUT2D eigenvalue weighted by Crippen LogP contribution is 2.41. The first-order valence-electron chi connectivity index (χ1n) is 13.4. The van der Waals surface area contributed by atoms with E-state index in [4.69, 9.17) is 12.6 Å². The Labute approximate surface area is 196 Å². The van der Waals surface area contributed by atoms with Crippen LogP contribution in [0.1, 0.15) is 85.9 Å². The van der Waals surface area contributed by atoms with Gasteiger partial charge in [0.15, 0.2) is 0 Å². The zero-order valence-electron chi connectivity index (χ0n) is 25.5. The van der Waals surface area contributed by atoms with Gasteiger partial charge in [0.05, 0.1) is 6.85 Å². The number of rotatable bonds is 2. The van der Waals surface area contributed by atoms with Crippen molar-refractivity contribution in [2.24, 2.45) is 0 Å². The van der Waals surface area contributed by atoms with Gasteiger partial charge in [0, 0.05) is 16.8 Å². The Bertz CT molecular complexity index is 1270. The minimum Gasteiger partial charge on any atom is -0.398 e. The SMILES string of the molecule is [2H]c1c([2H])c([2H])c(-c2cc(C(C)(C)C)cc(-c3cc(C(C)(C)C)cc(C(C)(C)C)c3)c2N)c([2H])c1[2H]. The second kappa shape index (κ2) is 7.86. The highest BCUT2D eigenvalue weighted by Gasteiger charge is 2.24. The minimum absolute atomic E-state index is 0.0812. The van der Waals surface area contributed by atoms with Gasteiger partial charge in [-0.05, 0) is 56.2 Å². The minimum atomic E-state index is -0.410. The molecule has 0 aromatic heterocycles. The van der Waals surface area contributed by atoms with Crippen LogP contribution in [-0.4, -0.2) is 0 Å². The lowest BCUT2D eigenvalue weighted by atomic mass is 9.77. The van der Waals surface area contributed by atoms with Crippen molar-refractivity contribution in [2.75, 3.05) is 5.73 Å². The van der Waals surface area contributed by atoms with Crippen LogP contribution < -0.4 is 5.73 Å². The first-order valence-corrected chi connectivity index (χ1v) is 10.9. The Kier molecular flexibility index (Phi) is 4.33. The number of hydrogen-bond donors (Lipinski definition) is 1. The Balaban J connectivity index is 2.50. The maximum atomic E-state index is 8.57. The summed E-state index contributed by atoms with van der Waals surface area (Å²) in [4.78, 5) is 0. The molecular formula is C30H39N. The van der Waals surface area contributed by atoms with Crippen molar-refractivity contribution in [3.05, 3.63) is 77.2 Å². The number of benzene rings is 3. The maximum absolute atomic E-state index is 8.57. The van der Waals surface area contributed by atoms with Crippen LogP contribution in [0.2, 0.25) is 0 Å². The Morgan fingerprint density at radius 1 is 0.548 bits per heavy atom. The third-order valence-corrected chi connectivity index (χ3v) is 5.79. The summed E-state index contributed by atoms with van der Waals surface area (Å²) in [6.45, 7) is 19.4. The van der Waals surface area contributed by atoms with Gasteiger partial charge in [-0.15, -0.1) is 0 Å². The lowest BCUT2D eigenvalue weighted by Gasteiger charge is -2.28. The Morgan fingerprint density at radius 3 is 1.35 bits per heavy atom. The quantitative estimate of drug-likeness (QED) is 0.415. The summed E-state index contributed by atoms with van der Waals surface area (Å²) >= 11 is 0. The molecule has 164 valence electrons. The van der Waals surface area contributed by atoms with E-state index >= 15 is 0 Å². The molecule has 0 aliphatic rings. The summed E-state index contributed by atoms with van der Waals surface area (Å²) in [7, 11) is 0. The van der Waals surface area contributed by atoms with E-state index in [-0.39, 0.29) is 46.0 Å². The predicted octanol–water partition coefficient (Wildman–Crippen LogP) is 8.50. The van der Waals surface area contributed by atoms with Crippen molar-refractivity contribution in [1.29, 1.82) is 0 Å². The summed E-state index contributed by atoms with van der Waals surface area (Å²) in [5.41, 5.74) is 12.5. The predicted molar refractivity (Wildman–Crippen MR) is 138 cm³/mol. The second-order valence-corrected chi connectivity index (χ2v) is 11.5. The summed E-state index contributed by atoms with van der Waals surface area (Å²) in [5, 5.41) is 0. The average molecular weight is 419 g/mol. The fourth-order valence-electron chi connectivity index (χ4n) is 3.57. The molecule has 1 heteroatoms. The van der Waals surface area contributed by atoms with Gasteiger partial charge in [0.2, 0.25) is 0 Å². The van der Waals surface area contributed by atoms with Crippen molar-refractivity contribution >= 4 is 5.69 Å². The van der Waals surface area contributed by atoms with E-state index in [1.807, 2.05) is 6.07 Å². The molecular weight excluding hydrogens is 374 g/mol.